The molecule has 2 rings (SSSR count). The topological polar surface area (TPSA) is 84.3 Å². The maximum Gasteiger partial charge on any atom is 0.282 e. The van der Waals surface area contributed by atoms with Gasteiger partial charge in [-0.05, 0) is 37.9 Å². The van der Waals surface area contributed by atoms with E-state index < -0.39 is 10.8 Å². The van der Waals surface area contributed by atoms with Gasteiger partial charge in [-0.1, -0.05) is 11.6 Å². The lowest BCUT2D eigenvalue weighted by atomic mass is 10.1. The van der Waals surface area contributed by atoms with Crippen LogP contribution in [-0.4, -0.2) is 30.0 Å². The van der Waals surface area contributed by atoms with E-state index in [9.17, 15) is 14.9 Å². The Morgan fingerprint density at radius 3 is 2.80 bits per heavy atom. The van der Waals surface area contributed by atoms with E-state index >= 15 is 0 Å². The monoisotopic (exact) mass is 297 g/mol. The molecule has 6 nitrogen and oxygen atoms in total. The first-order valence-electron chi connectivity index (χ1n) is 6.53. The first-order valence-corrected chi connectivity index (χ1v) is 6.91. The molecule has 0 aromatic heterocycles. The lowest BCUT2D eigenvalue weighted by Crippen LogP contribution is -2.28. The molecule has 1 aliphatic rings. The molecule has 7 heteroatoms. The van der Waals surface area contributed by atoms with Crippen molar-refractivity contribution in [3.63, 3.8) is 0 Å². The zero-order valence-electron chi connectivity index (χ0n) is 10.9. The van der Waals surface area contributed by atoms with E-state index in [1.54, 1.807) is 0 Å². The van der Waals surface area contributed by atoms with Gasteiger partial charge in [-0.15, -0.1) is 0 Å². The second-order valence-corrected chi connectivity index (χ2v) is 5.19. The van der Waals surface area contributed by atoms with E-state index in [0.29, 0.717) is 17.6 Å². The Labute approximate surface area is 121 Å². The minimum atomic E-state index is -0.583. The van der Waals surface area contributed by atoms with Crippen LogP contribution in [-0.2, 0) is 0 Å². The molecule has 0 bridgehead atoms. The van der Waals surface area contributed by atoms with Crippen molar-refractivity contribution in [2.45, 2.75) is 25.3 Å². The summed E-state index contributed by atoms with van der Waals surface area (Å²) in [6.45, 7) is 1.31. The Balaban J connectivity index is 1.87. The smallest absolute Gasteiger partial charge is 0.282 e. The fourth-order valence-corrected chi connectivity index (χ4v) is 2.00. The number of amides is 1. The summed E-state index contributed by atoms with van der Waals surface area (Å²) in [6.07, 6.45) is 3.23. The summed E-state index contributed by atoms with van der Waals surface area (Å²) >= 11 is 5.78. The number of nitro benzene ring substituents is 1. The molecule has 1 saturated carbocycles. The highest BCUT2D eigenvalue weighted by Crippen LogP contribution is 2.22. The zero-order valence-corrected chi connectivity index (χ0v) is 11.7. The van der Waals surface area contributed by atoms with Gasteiger partial charge in [0.15, 0.2) is 0 Å². The van der Waals surface area contributed by atoms with Crippen LogP contribution in [0.3, 0.4) is 0 Å². The molecule has 0 spiro atoms. The lowest BCUT2D eigenvalue weighted by Gasteiger charge is -2.07. The third-order valence-electron chi connectivity index (χ3n) is 3.05. The number of rotatable bonds is 7. The van der Waals surface area contributed by atoms with Gasteiger partial charge in [-0.25, -0.2) is 0 Å². The molecular formula is C13H16ClN3O3. The Morgan fingerprint density at radius 1 is 1.40 bits per heavy atom. The molecule has 0 radical (unpaired) electrons. The standard InChI is InChI=1S/C13H16ClN3O3/c14-9-2-5-12(17(19)20)11(8-9)13(18)16-7-1-6-15-10-3-4-10/h2,5,8,10,15H,1,3-4,6-7H2,(H,16,18). The molecule has 0 saturated heterocycles. The fourth-order valence-electron chi connectivity index (χ4n) is 1.83. The third-order valence-corrected chi connectivity index (χ3v) is 3.28. The van der Waals surface area contributed by atoms with Gasteiger partial charge in [0.25, 0.3) is 11.6 Å². The molecule has 20 heavy (non-hydrogen) atoms. The van der Waals surface area contributed by atoms with Crippen LogP contribution in [0.5, 0.6) is 0 Å². The number of hydrogen-bond donors (Lipinski definition) is 2. The minimum absolute atomic E-state index is 0.00217. The van der Waals surface area contributed by atoms with Gasteiger partial charge in [0.05, 0.1) is 4.92 Å². The van der Waals surface area contributed by atoms with E-state index in [4.69, 9.17) is 11.6 Å². The van der Waals surface area contributed by atoms with Crippen LogP contribution in [0.2, 0.25) is 5.02 Å². The Hall–Kier alpha value is -1.66. The summed E-state index contributed by atoms with van der Waals surface area (Å²) in [5.41, 5.74) is -0.236. The lowest BCUT2D eigenvalue weighted by molar-refractivity contribution is -0.385. The number of nitrogens with zero attached hydrogens (tertiary/aromatic N) is 1. The van der Waals surface area contributed by atoms with Gasteiger partial charge >= 0.3 is 0 Å². The molecule has 1 amide bonds. The number of nitrogens with one attached hydrogen (secondary N) is 2. The van der Waals surface area contributed by atoms with Gasteiger partial charge in [0.1, 0.15) is 5.56 Å². The molecule has 0 heterocycles. The Morgan fingerprint density at radius 2 is 2.15 bits per heavy atom. The van der Waals surface area contributed by atoms with Crippen molar-refractivity contribution in [1.29, 1.82) is 0 Å². The maximum atomic E-state index is 11.9. The predicted octanol–water partition coefficient (Wildman–Crippen LogP) is 2.12. The van der Waals surface area contributed by atoms with Gasteiger partial charge in [0, 0.05) is 23.7 Å². The molecule has 108 valence electrons. The van der Waals surface area contributed by atoms with Crippen LogP contribution >= 0.6 is 11.6 Å². The highest BCUT2D eigenvalue weighted by atomic mass is 35.5. The minimum Gasteiger partial charge on any atom is -0.352 e. The molecule has 1 fully saturated rings. The molecular weight excluding hydrogens is 282 g/mol. The van der Waals surface area contributed by atoms with Crippen LogP contribution < -0.4 is 10.6 Å². The van der Waals surface area contributed by atoms with Gasteiger partial charge in [-0.2, -0.15) is 0 Å². The van der Waals surface area contributed by atoms with Crippen LogP contribution in [0.25, 0.3) is 0 Å². The van der Waals surface area contributed by atoms with Crippen LogP contribution in [0.15, 0.2) is 18.2 Å². The maximum absolute atomic E-state index is 11.9. The summed E-state index contributed by atoms with van der Waals surface area (Å²) < 4.78 is 0. The molecule has 0 atom stereocenters. The van der Waals surface area contributed by atoms with E-state index in [1.807, 2.05) is 0 Å². The predicted molar refractivity (Wildman–Crippen MR) is 76.1 cm³/mol. The van der Waals surface area contributed by atoms with Crippen molar-refractivity contribution in [3.05, 3.63) is 38.9 Å². The second kappa shape index (κ2) is 6.67. The van der Waals surface area contributed by atoms with E-state index in [1.165, 1.54) is 31.0 Å². The highest BCUT2D eigenvalue weighted by molar-refractivity contribution is 6.31. The Bertz CT molecular complexity index is 518. The number of nitro groups is 1. The van der Waals surface area contributed by atoms with Crippen molar-refractivity contribution in [2.24, 2.45) is 0 Å². The van der Waals surface area contributed by atoms with E-state index in [0.717, 1.165) is 13.0 Å². The molecule has 1 aromatic rings. The third kappa shape index (κ3) is 4.18. The van der Waals surface area contributed by atoms with Crippen molar-refractivity contribution in [1.82, 2.24) is 10.6 Å². The van der Waals surface area contributed by atoms with Crippen molar-refractivity contribution in [2.75, 3.05) is 13.1 Å². The van der Waals surface area contributed by atoms with Gasteiger partial charge in [0.2, 0.25) is 0 Å². The number of carbonyl (C=O) groups is 1. The van der Waals surface area contributed by atoms with Crippen molar-refractivity contribution in [3.8, 4) is 0 Å². The average Bonchev–Trinajstić information content (AvgIpc) is 3.21. The molecule has 2 N–H and O–H groups in total. The van der Waals surface area contributed by atoms with Crippen LogP contribution in [0.4, 0.5) is 5.69 Å². The van der Waals surface area contributed by atoms with Crippen LogP contribution in [0.1, 0.15) is 29.6 Å². The number of hydrogen-bond acceptors (Lipinski definition) is 4. The second-order valence-electron chi connectivity index (χ2n) is 4.76. The summed E-state index contributed by atoms with van der Waals surface area (Å²) in [7, 11) is 0. The largest absolute Gasteiger partial charge is 0.352 e. The number of halogens is 1. The molecule has 1 aromatic carbocycles. The van der Waals surface area contributed by atoms with E-state index in [-0.39, 0.29) is 11.3 Å². The summed E-state index contributed by atoms with van der Waals surface area (Å²) in [4.78, 5) is 22.2. The highest BCUT2D eigenvalue weighted by Gasteiger charge is 2.21. The first-order chi connectivity index (χ1) is 9.58. The van der Waals surface area contributed by atoms with Gasteiger partial charge < -0.3 is 10.6 Å². The number of benzene rings is 1. The van der Waals surface area contributed by atoms with Gasteiger partial charge in [-0.3, -0.25) is 14.9 Å². The quantitative estimate of drug-likeness (QED) is 0.459. The number of carbonyl (C=O) groups excluding carboxylic acids is 1. The summed E-state index contributed by atoms with van der Waals surface area (Å²) in [5.74, 6) is -0.467. The Kier molecular flexibility index (Phi) is 4.92. The summed E-state index contributed by atoms with van der Waals surface area (Å²) in [5, 5.41) is 17.2. The van der Waals surface area contributed by atoms with Crippen molar-refractivity contribution >= 4 is 23.2 Å². The zero-order chi connectivity index (χ0) is 14.5. The normalized spacial score (nSPS) is 14.1. The molecule has 1 aliphatic carbocycles. The van der Waals surface area contributed by atoms with Crippen molar-refractivity contribution < 1.29 is 9.72 Å². The van der Waals surface area contributed by atoms with E-state index in [2.05, 4.69) is 10.6 Å². The average molecular weight is 298 g/mol. The molecule has 0 aliphatic heterocycles. The SMILES string of the molecule is O=C(NCCCNC1CC1)c1cc(Cl)ccc1[N+](=O)[O-]. The van der Waals surface area contributed by atoms with Crippen LogP contribution in [0, 0.1) is 10.1 Å². The summed E-state index contributed by atoms with van der Waals surface area (Å²) in [6, 6.07) is 4.60. The molecule has 0 unspecified atom stereocenters. The fraction of sp³-hybridized carbons (Fsp3) is 0.462. The first kappa shape index (κ1) is 14.7.